The minimum absolute atomic E-state index is 0.687. The van der Waals surface area contributed by atoms with Gasteiger partial charge in [0.2, 0.25) is 0 Å². The largest absolute Gasteiger partial charge is 0.398 e. The van der Waals surface area contributed by atoms with E-state index in [1.54, 1.807) is 31.0 Å². The van der Waals surface area contributed by atoms with Crippen LogP contribution in [0, 0.1) is 0 Å². The van der Waals surface area contributed by atoms with Crippen LogP contribution in [0.1, 0.15) is 0 Å². The van der Waals surface area contributed by atoms with Crippen molar-refractivity contribution in [2.45, 2.75) is 0 Å². The van der Waals surface area contributed by atoms with Crippen molar-refractivity contribution >= 4 is 21.6 Å². The fraction of sp³-hybridized carbons (Fsp3) is 0. The van der Waals surface area contributed by atoms with Crippen LogP contribution in [-0.4, -0.2) is 14.5 Å². The Kier molecular flexibility index (Phi) is 3.05. The average molecular weight is 315 g/mol. The lowest BCUT2D eigenvalue weighted by Gasteiger charge is -2.10. The second-order valence-electron chi connectivity index (χ2n) is 4.09. The molecule has 0 fully saturated rings. The molecule has 19 heavy (non-hydrogen) atoms. The van der Waals surface area contributed by atoms with Gasteiger partial charge in [0.1, 0.15) is 0 Å². The molecule has 0 unspecified atom stereocenters. The van der Waals surface area contributed by atoms with Gasteiger partial charge in [-0.05, 0) is 24.3 Å². The number of aromatic nitrogens is 3. The molecule has 0 saturated heterocycles. The van der Waals surface area contributed by atoms with E-state index < -0.39 is 0 Å². The van der Waals surface area contributed by atoms with Crippen molar-refractivity contribution in [3.05, 3.63) is 59.7 Å². The molecule has 0 aliphatic heterocycles. The highest BCUT2D eigenvalue weighted by Crippen LogP contribution is 2.27. The summed E-state index contributed by atoms with van der Waals surface area (Å²) in [6.07, 6.45) is 6.98. The molecule has 5 heteroatoms. The molecule has 0 saturated carbocycles. The Hall–Kier alpha value is -2.14. The minimum atomic E-state index is 0.687. The monoisotopic (exact) mass is 314 g/mol. The lowest BCUT2D eigenvalue weighted by atomic mass is 10.2. The fourth-order valence-corrected chi connectivity index (χ4v) is 2.33. The topological polar surface area (TPSA) is 56.7 Å². The van der Waals surface area contributed by atoms with Gasteiger partial charge in [-0.2, -0.15) is 0 Å². The number of hydrogen-bond acceptors (Lipinski definition) is 3. The van der Waals surface area contributed by atoms with Crippen LogP contribution in [0.2, 0.25) is 0 Å². The van der Waals surface area contributed by atoms with Crippen LogP contribution in [0.4, 0.5) is 5.69 Å². The van der Waals surface area contributed by atoms with Gasteiger partial charge < -0.3 is 5.73 Å². The first kappa shape index (κ1) is 11.9. The van der Waals surface area contributed by atoms with Gasteiger partial charge >= 0.3 is 0 Å². The number of hydrogen-bond donors (Lipinski definition) is 1. The van der Waals surface area contributed by atoms with Crippen molar-refractivity contribution in [3.63, 3.8) is 0 Å². The summed E-state index contributed by atoms with van der Waals surface area (Å²) in [4.78, 5) is 8.33. The molecule has 0 atom stereocenters. The van der Waals surface area contributed by atoms with Gasteiger partial charge in [-0.25, -0.2) is 4.98 Å². The third-order valence-corrected chi connectivity index (χ3v) is 3.35. The lowest BCUT2D eigenvalue weighted by Crippen LogP contribution is -1.98. The first-order valence-corrected chi connectivity index (χ1v) is 6.53. The summed E-state index contributed by atoms with van der Waals surface area (Å²) < 4.78 is 3.00. The Balaban J connectivity index is 2.16. The van der Waals surface area contributed by atoms with E-state index in [2.05, 4.69) is 25.9 Å². The van der Waals surface area contributed by atoms with Crippen LogP contribution in [0.5, 0.6) is 0 Å². The number of anilines is 1. The molecule has 2 heterocycles. The van der Waals surface area contributed by atoms with Gasteiger partial charge in [0.15, 0.2) is 0 Å². The molecule has 3 aromatic rings. The zero-order chi connectivity index (χ0) is 13.2. The molecule has 0 aliphatic carbocycles. The summed E-state index contributed by atoms with van der Waals surface area (Å²) >= 11 is 3.47. The highest BCUT2D eigenvalue weighted by Gasteiger charge is 2.10. The van der Waals surface area contributed by atoms with E-state index in [-0.39, 0.29) is 0 Å². The van der Waals surface area contributed by atoms with Gasteiger partial charge in [0, 0.05) is 33.8 Å². The van der Waals surface area contributed by atoms with Crippen LogP contribution in [0.15, 0.2) is 59.7 Å². The maximum Gasteiger partial charge on any atom is 0.0997 e. The van der Waals surface area contributed by atoms with Crippen molar-refractivity contribution < 1.29 is 0 Å². The number of halogens is 1. The molecule has 4 nitrogen and oxygen atoms in total. The Morgan fingerprint density at radius 2 is 2.00 bits per heavy atom. The molecule has 0 amide bonds. The SMILES string of the molecule is Nc1ccncc1-c1cncn1-c1cccc(Br)c1. The van der Waals surface area contributed by atoms with E-state index in [1.807, 2.05) is 28.8 Å². The third-order valence-electron chi connectivity index (χ3n) is 2.86. The molecular formula is C14H11BrN4. The van der Waals surface area contributed by atoms with E-state index in [0.717, 1.165) is 21.4 Å². The molecule has 0 radical (unpaired) electrons. The second-order valence-corrected chi connectivity index (χ2v) is 5.01. The summed E-state index contributed by atoms with van der Waals surface area (Å²) in [7, 11) is 0. The Labute approximate surface area is 119 Å². The maximum absolute atomic E-state index is 6.00. The molecule has 1 aromatic carbocycles. The second kappa shape index (κ2) is 4.85. The summed E-state index contributed by atoms with van der Waals surface area (Å²) in [5.41, 5.74) is 9.50. The van der Waals surface area contributed by atoms with Crippen molar-refractivity contribution in [1.82, 2.24) is 14.5 Å². The molecule has 0 aliphatic rings. The number of nitrogens with zero attached hydrogens (tertiary/aromatic N) is 3. The smallest absolute Gasteiger partial charge is 0.0997 e. The van der Waals surface area contributed by atoms with Crippen LogP contribution in [0.3, 0.4) is 0 Å². The summed E-state index contributed by atoms with van der Waals surface area (Å²) in [5, 5.41) is 0. The van der Waals surface area contributed by atoms with E-state index in [4.69, 9.17) is 5.73 Å². The van der Waals surface area contributed by atoms with E-state index >= 15 is 0 Å². The zero-order valence-corrected chi connectivity index (χ0v) is 11.6. The number of imidazole rings is 1. The van der Waals surface area contributed by atoms with Crippen LogP contribution >= 0.6 is 15.9 Å². The normalized spacial score (nSPS) is 10.6. The summed E-state index contributed by atoms with van der Waals surface area (Å²) in [5.74, 6) is 0. The number of rotatable bonds is 2. The summed E-state index contributed by atoms with van der Waals surface area (Å²) in [6, 6.07) is 9.79. The summed E-state index contributed by atoms with van der Waals surface area (Å²) in [6.45, 7) is 0. The highest BCUT2D eigenvalue weighted by molar-refractivity contribution is 9.10. The van der Waals surface area contributed by atoms with Gasteiger partial charge in [-0.1, -0.05) is 22.0 Å². The molecule has 0 bridgehead atoms. The van der Waals surface area contributed by atoms with Crippen LogP contribution < -0.4 is 5.73 Å². The molecule has 2 N–H and O–H groups in total. The molecule has 0 spiro atoms. The molecule has 94 valence electrons. The van der Waals surface area contributed by atoms with Crippen LogP contribution in [0.25, 0.3) is 16.9 Å². The predicted octanol–water partition coefficient (Wildman–Crippen LogP) is 3.28. The number of pyridine rings is 1. The van der Waals surface area contributed by atoms with Gasteiger partial charge in [0.05, 0.1) is 18.2 Å². The van der Waals surface area contributed by atoms with E-state index in [1.165, 1.54) is 0 Å². The lowest BCUT2D eigenvalue weighted by molar-refractivity contribution is 1.06. The zero-order valence-electron chi connectivity index (χ0n) is 9.99. The van der Waals surface area contributed by atoms with Crippen molar-refractivity contribution in [1.29, 1.82) is 0 Å². The maximum atomic E-state index is 6.00. The highest BCUT2D eigenvalue weighted by atomic mass is 79.9. The first-order chi connectivity index (χ1) is 9.25. The Morgan fingerprint density at radius 3 is 2.79 bits per heavy atom. The van der Waals surface area contributed by atoms with Gasteiger partial charge in [-0.3, -0.25) is 9.55 Å². The standard InChI is InChI=1S/C14H11BrN4/c15-10-2-1-3-11(6-10)19-9-18-8-14(19)12-7-17-5-4-13(12)16/h1-9H,(H2,16,17). The van der Waals surface area contributed by atoms with E-state index in [0.29, 0.717) is 5.69 Å². The van der Waals surface area contributed by atoms with Crippen LogP contribution in [-0.2, 0) is 0 Å². The van der Waals surface area contributed by atoms with Crippen molar-refractivity contribution in [2.24, 2.45) is 0 Å². The Bertz CT molecular complexity index is 721. The average Bonchev–Trinajstić information content (AvgIpc) is 2.88. The number of nitrogens with two attached hydrogens (primary N) is 1. The first-order valence-electron chi connectivity index (χ1n) is 5.74. The fourth-order valence-electron chi connectivity index (χ4n) is 1.95. The van der Waals surface area contributed by atoms with Gasteiger partial charge in [-0.15, -0.1) is 0 Å². The van der Waals surface area contributed by atoms with Crippen molar-refractivity contribution in [3.8, 4) is 16.9 Å². The third kappa shape index (κ3) is 2.24. The van der Waals surface area contributed by atoms with E-state index in [9.17, 15) is 0 Å². The van der Waals surface area contributed by atoms with Gasteiger partial charge in [0.25, 0.3) is 0 Å². The number of benzene rings is 1. The number of nitrogen functional groups attached to an aromatic ring is 1. The predicted molar refractivity (Wildman–Crippen MR) is 78.9 cm³/mol. The molecular weight excluding hydrogens is 304 g/mol. The Morgan fingerprint density at radius 1 is 1.11 bits per heavy atom. The molecule has 2 aromatic heterocycles. The minimum Gasteiger partial charge on any atom is -0.398 e. The van der Waals surface area contributed by atoms with Crippen molar-refractivity contribution in [2.75, 3.05) is 5.73 Å². The molecule has 3 rings (SSSR count). The quantitative estimate of drug-likeness (QED) is 0.789.